The average molecular weight is 309 g/mol. The summed E-state index contributed by atoms with van der Waals surface area (Å²) in [6.45, 7) is 4.93. The van der Waals surface area contributed by atoms with Crippen LogP contribution < -0.4 is 5.32 Å². The maximum Gasteiger partial charge on any atom is 0.317 e. The van der Waals surface area contributed by atoms with E-state index >= 15 is 0 Å². The topological polar surface area (TPSA) is 44.8 Å². The second-order valence-corrected chi connectivity index (χ2v) is 5.39. The van der Waals surface area contributed by atoms with Gasteiger partial charge in [-0.05, 0) is 18.1 Å². The standard InChI is InChI=1S/C16H24FN3O2/c1-22-13-7-18-16(21)20-11-9-19(10-12-20)8-6-14-4-2-3-5-15(14)17/h2-5H,6-13H2,1H3,(H,18,21). The number of nitrogens with one attached hydrogen (secondary N) is 1. The Morgan fingerprint density at radius 2 is 2.00 bits per heavy atom. The molecule has 0 bridgehead atoms. The van der Waals surface area contributed by atoms with Gasteiger partial charge in [0.1, 0.15) is 5.82 Å². The van der Waals surface area contributed by atoms with Crippen LogP contribution in [0.3, 0.4) is 0 Å². The number of ether oxygens (including phenoxy) is 1. The van der Waals surface area contributed by atoms with Crippen molar-refractivity contribution in [3.05, 3.63) is 35.6 Å². The molecule has 1 fully saturated rings. The van der Waals surface area contributed by atoms with Gasteiger partial charge in [-0.25, -0.2) is 9.18 Å². The van der Waals surface area contributed by atoms with Gasteiger partial charge in [0.05, 0.1) is 6.61 Å². The Balaban J connectivity index is 1.69. The summed E-state index contributed by atoms with van der Waals surface area (Å²) < 4.78 is 18.5. The van der Waals surface area contributed by atoms with Crippen molar-refractivity contribution in [2.24, 2.45) is 0 Å². The summed E-state index contributed by atoms with van der Waals surface area (Å²) in [6.07, 6.45) is 0.701. The zero-order valence-electron chi connectivity index (χ0n) is 13.1. The molecule has 2 amide bonds. The number of benzene rings is 1. The van der Waals surface area contributed by atoms with Crippen molar-refractivity contribution in [3.8, 4) is 0 Å². The highest BCUT2D eigenvalue weighted by molar-refractivity contribution is 5.74. The van der Waals surface area contributed by atoms with Crippen LogP contribution in [0.4, 0.5) is 9.18 Å². The first-order valence-electron chi connectivity index (χ1n) is 7.68. The largest absolute Gasteiger partial charge is 0.383 e. The SMILES string of the molecule is COCCNC(=O)N1CCN(CCc2ccccc2F)CC1. The Morgan fingerprint density at radius 1 is 1.27 bits per heavy atom. The summed E-state index contributed by atoms with van der Waals surface area (Å²) in [7, 11) is 1.61. The number of rotatable bonds is 6. The van der Waals surface area contributed by atoms with Gasteiger partial charge in [0, 0.05) is 46.4 Å². The van der Waals surface area contributed by atoms with Crippen LogP contribution in [0.5, 0.6) is 0 Å². The van der Waals surface area contributed by atoms with Crippen molar-refractivity contribution in [2.45, 2.75) is 6.42 Å². The highest BCUT2D eigenvalue weighted by Gasteiger charge is 2.20. The Hall–Kier alpha value is -1.66. The number of hydrogen-bond acceptors (Lipinski definition) is 3. The molecule has 1 aromatic rings. The van der Waals surface area contributed by atoms with E-state index in [2.05, 4.69) is 10.2 Å². The Morgan fingerprint density at radius 3 is 2.68 bits per heavy atom. The van der Waals surface area contributed by atoms with Gasteiger partial charge in [0.25, 0.3) is 0 Å². The first-order valence-corrected chi connectivity index (χ1v) is 7.68. The van der Waals surface area contributed by atoms with Crippen molar-refractivity contribution in [1.29, 1.82) is 0 Å². The summed E-state index contributed by atoms with van der Waals surface area (Å²) in [5.74, 6) is -0.140. The first-order chi connectivity index (χ1) is 10.7. The van der Waals surface area contributed by atoms with Crippen LogP contribution in [-0.2, 0) is 11.2 Å². The van der Waals surface area contributed by atoms with Crippen LogP contribution in [0.1, 0.15) is 5.56 Å². The molecule has 1 N–H and O–H groups in total. The molecular formula is C16H24FN3O2. The molecule has 0 aliphatic carbocycles. The molecule has 22 heavy (non-hydrogen) atoms. The Bertz CT molecular complexity index is 476. The van der Waals surface area contributed by atoms with Gasteiger partial charge >= 0.3 is 6.03 Å². The van der Waals surface area contributed by atoms with Gasteiger partial charge in [0.2, 0.25) is 0 Å². The van der Waals surface area contributed by atoms with Crippen molar-refractivity contribution in [3.63, 3.8) is 0 Å². The highest BCUT2D eigenvalue weighted by Crippen LogP contribution is 2.09. The molecule has 1 aliphatic rings. The van der Waals surface area contributed by atoms with Crippen molar-refractivity contribution in [1.82, 2.24) is 15.1 Å². The number of piperazine rings is 1. The fourth-order valence-corrected chi connectivity index (χ4v) is 2.53. The minimum atomic E-state index is -0.140. The molecule has 0 spiro atoms. The van der Waals surface area contributed by atoms with Crippen LogP contribution in [0.25, 0.3) is 0 Å². The monoisotopic (exact) mass is 309 g/mol. The fraction of sp³-hybridized carbons (Fsp3) is 0.562. The molecule has 2 rings (SSSR count). The molecule has 5 nitrogen and oxygen atoms in total. The molecule has 0 radical (unpaired) electrons. The zero-order chi connectivity index (χ0) is 15.8. The first kappa shape index (κ1) is 16.7. The third-order valence-corrected chi connectivity index (χ3v) is 3.90. The Kier molecular flexibility index (Phi) is 6.61. The molecule has 0 atom stereocenters. The predicted molar refractivity (Wildman–Crippen MR) is 83.4 cm³/mol. The Labute approximate surface area is 131 Å². The number of nitrogens with zero attached hydrogens (tertiary/aromatic N) is 2. The molecule has 0 saturated carbocycles. The lowest BCUT2D eigenvalue weighted by Gasteiger charge is -2.34. The van der Waals surface area contributed by atoms with E-state index < -0.39 is 0 Å². The molecule has 1 aliphatic heterocycles. The summed E-state index contributed by atoms with van der Waals surface area (Å²) in [5.41, 5.74) is 0.752. The number of amides is 2. The van der Waals surface area contributed by atoms with Crippen molar-refractivity contribution in [2.75, 3.05) is 53.0 Å². The summed E-state index contributed by atoms with van der Waals surface area (Å²) >= 11 is 0. The summed E-state index contributed by atoms with van der Waals surface area (Å²) in [4.78, 5) is 16.0. The van der Waals surface area contributed by atoms with E-state index in [1.165, 1.54) is 6.07 Å². The van der Waals surface area contributed by atoms with Crippen molar-refractivity contribution < 1.29 is 13.9 Å². The number of halogens is 1. The van der Waals surface area contributed by atoms with Gasteiger partial charge in [-0.2, -0.15) is 0 Å². The minimum Gasteiger partial charge on any atom is -0.383 e. The highest BCUT2D eigenvalue weighted by atomic mass is 19.1. The van der Waals surface area contributed by atoms with Gasteiger partial charge in [-0.1, -0.05) is 18.2 Å². The maximum atomic E-state index is 13.6. The van der Waals surface area contributed by atoms with E-state index in [0.717, 1.165) is 25.2 Å². The van der Waals surface area contributed by atoms with Gasteiger partial charge in [-0.15, -0.1) is 0 Å². The van der Waals surface area contributed by atoms with Crippen LogP contribution >= 0.6 is 0 Å². The van der Waals surface area contributed by atoms with Gasteiger partial charge < -0.3 is 15.0 Å². The summed E-state index contributed by atoms with van der Waals surface area (Å²) in [6, 6.07) is 6.86. The molecular weight excluding hydrogens is 285 g/mol. The fourth-order valence-electron chi connectivity index (χ4n) is 2.53. The smallest absolute Gasteiger partial charge is 0.317 e. The average Bonchev–Trinajstić information content (AvgIpc) is 2.55. The minimum absolute atomic E-state index is 0.0363. The quantitative estimate of drug-likeness (QED) is 0.807. The molecule has 0 aromatic heterocycles. The van der Waals surface area contributed by atoms with Gasteiger partial charge in [0.15, 0.2) is 0 Å². The number of methoxy groups -OCH3 is 1. The lowest BCUT2D eigenvalue weighted by molar-refractivity contribution is 0.136. The molecule has 1 aromatic carbocycles. The number of urea groups is 1. The summed E-state index contributed by atoms with van der Waals surface area (Å²) in [5, 5.41) is 2.83. The van der Waals surface area contributed by atoms with Crippen LogP contribution in [-0.4, -0.2) is 68.8 Å². The van der Waals surface area contributed by atoms with Crippen LogP contribution in [0, 0.1) is 5.82 Å². The zero-order valence-corrected chi connectivity index (χ0v) is 13.1. The van der Waals surface area contributed by atoms with E-state index in [1.807, 2.05) is 17.0 Å². The maximum absolute atomic E-state index is 13.6. The second-order valence-electron chi connectivity index (χ2n) is 5.39. The molecule has 6 heteroatoms. The molecule has 122 valence electrons. The lowest BCUT2D eigenvalue weighted by Crippen LogP contribution is -2.52. The van der Waals surface area contributed by atoms with Crippen molar-refractivity contribution >= 4 is 6.03 Å². The molecule has 1 saturated heterocycles. The van der Waals surface area contributed by atoms with E-state index in [9.17, 15) is 9.18 Å². The van der Waals surface area contributed by atoms with E-state index in [0.29, 0.717) is 32.7 Å². The van der Waals surface area contributed by atoms with Crippen LogP contribution in [0.2, 0.25) is 0 Å². The van der Waals surface area contributed by atoms with E-state index in [-0.39, 0.29) is 11.8 Å². The number of carbonyl (C=O) groups is 1. The second kappa shape index (κ2) is 8.70. The molecule has 1 heterocycles. The third-order valence-electron chi connectivity index (χ3n) is 3.90. The molecule has 0 unspecified atom stereocenters. The predicted octanol–water partition coefficient (Wildman–Crippen LogP) is 1.34. The van der Waals surface area contributed by atoms with Crippen LogP contribution in [0.15, 0.2) is 24.3 Å². The lowest BCUT2D eigenvalue weighted by atomic mass is 10.1. The normalized spacial score (nSPS) is 15.8. The number of hydrogen-bond donors (Lipinski definition) is 1. The third kappa shape index (κ3) is 4.96. The van der Waals surface area contributed by atoms with Gasteiger partial charge in [-0.3, -0.25) is 4.90 Å². The van der Waals surface area contributed by atoms with E-state index in [1.54, 1.807) is 13.2 Å². The van der Waals surface area contributed by atoms with E-state index in [4.69, 9.17) is 4.74 Å². The number of carbonyl (C=O) groups excluding carboxylic acids is 1.